The first-order valence-electron chi connectivity index (χ1n) is 9.74. The quantitative estimate of drug-likeness (QED) is 0.894. The number of hydrogen-bond acceptors (Lipinski definition) is 5. The van der Waals surface area contributed by atoms with E-state index in [1.807, 2.05) is 29.2 Å². The van der Waals surface area contributed by atoms with Gasteiger partial charge in [-0.1, -0.05) is 25.0 Å². The molecule has 2 N–H and O–H groups in total. The first-order chi connectivity index (χ1) is 13.2. The molecule has 6 nitrogen and oxygen atoms in total. The Morgan fingerprint density at radius 2 is 1.89 bits per heavy atom. The summed E-state index contributed by atoms with van der Waals surface area (Å²) in [6.07, 6.45) is 8.03. The maximum absolute atomic E-state index is 13.1. The van der Waals surface area contributed by atoms with Gasteiger partial charge in [-0.05, 0) is 43.4 Å². The van der Waals surface area contributed by atoms with Gasteiger partial charge < -0.3 is 15.4 Å². The predicted molar refractivity (Wildman–Crippen MR) is 104 cm³/mol. The summed E-state index contributed by atoms with van der Waals surface area (Å²) in [5.41, 5.74) is 8.71. The van der Waals surface area contributed by atoms with Crippen LogP contribution in [-0.2, 0) is 4.79 Å². The summed E-state index contributed by atoms with van der Waals surface area (Å²) in [6.45, 7) is 0.798. The lowest BCUT2D eigenvalue weighted by Gasteiger charge is -2.28. The fourth-order valence-corrected chi connectivity index (χ4v) is 4.38. The van der Waals surface area contributed by atoms with Gasteiger partial charge in [0, 0.05) is 24.2 Å². The number of amides is 1. The van der Waals surface area contributed by atoms with E-state index in [1.54, 1.807) is 13.3 Å². The Kier molecular flexibility index (Phi) is 4.97. The number of aromatic nitrogens is 2. The van der Waals surface area contributed by atoms with Gasteiger partial charge in [0.05, 0.1) is 18.8 Å². The smallest absolute Gasteiger partial charge is 0.226 e. The van der Waals surface area contributed by atoms with E-state index in [-0.39, 0.29) is 23.8 Å². The van der Waals surface area contributed by atoms with Gasteiger partial charge in [0.15, 0.2) is 0 Å². The molecule has 2 fully saturated rings. The predicted octanol–water partition coefficient (Wildman–Crippen LogP) is 3.59. The third kappa shape index (κ3) is 3.48. The van der Waals surface area contributed by atoms with Gasteiger partial charge in [-0.25, -0.2) is 9.97 Å². The van der Waals surface area contributed by atoms with Crippen LogP contribution < -0.4 is 10.5 Å². The Balaban J connectivity index is 1.69. The molecule has 0 spiro atoms. The highest BCUT2D eigenvalue weighted by Gasteiger charge is 2.37. The monoisotopic (exact) mass is 366 g/mol. The van der Waals surface area contributed by atoms with Crippen molar-refractivity contribution in [2.24, 2.45) is 5.92 Å². The molecule has 4 rings (SSSR count). The van der Waals surface area contributed by atoms with Gasteiger partial charge in [-0.15, -0.1) is 0 Å². The molecule has 2 aromatic rings. The number of nitrogen functional groups attached to an aromatic ring is 1. The van der Waals surface area contributed by atoms with Crippen molar-refractivity contribution >= 4 is 11.9 Å². The van der Waals surface area contributed by atoms with Crippen LogP contribution in [0.25, 0.3) is 11.1 Å². The zero-order valence-electron chi connectivity index (χ0n) is 15.7. The fraction of sp³-hybridized carbons (Fsp3) is 0.476. The van der Waals surface area contributed by atoms with Gasteiger partial charge >= 0.3 is 0 Å². The Hall–Kier alpha value is -2.63. The van der Waals surface area contributed by atoms with Crippen LogP contribution in [0.3, 0.4) is 0 Å². The zero-order valence-corrected chi connectivity index (χ0v) is 15.7. The Morgan fingerprint density at radius 3 is 2.59 bits per heavy atom. The molecule has 1 aromatic heterocycles. The third-order valence-electron chi connectivity index (χ3n) is 5.79. The Morgan fingerprint density at radius 1 is 1.15 bits per heavy atom. The number of nitrogens with zero attached hydrogens (tertiary/aromatic N) is 3. The van der Waals surface area contributed by atoms with Crippen LogP contribution in [0, 0.1) is 5.92 Å². The van der Waals surface area contributed by atoms with Crippen LogP contribution in [0.4, 0.5) is 5.95 Å². The first-order valence-corrected chi connectivity index (χ1v) is 9.74. The van der Waals surface area contributed by atoms with E-state index in [0.717, 1.165) is 67.6 Å². The lowest BCUT2D eigenvalue weighted by Crippen LogP contribution is -2.35. The van der Waals surface area contributed by atoms with Crippen molar-refractivity contribution in [1.29, 1.82) is 0 Å². The van der Waals surface area contributed by atoms with Crippen LogP contribution in [0.1, 0.15) is 50.3 Å². The van der Waals surface area contributed by atoms with Crippen LogP contribution in [0.2, 0.25) is 0 Å². The number of anilines is 1. The summed E-state index contributed by atoms with van der Waals surface area (Å²) in [5.74, 6) is 1.51. The van der Waals surface area contributed by atoms with E-state index in [2.05, 4.69) is 9.97 Å². The molecular weight excluding hydrogens is 340 g/mol. The van der Waals surface area contributed by atoms with Gasteiger partial charge in [0.2, 0.25) is 11.9 Å². The molecule has 1 amide bonds. The number of carbonyl (C=O) groups excluding carboxylic acids is 1. The highest BCUT2D eigenvalue weighted by molar-refractivity contribution is 5.80. The molecule has 2 aliphatic rings. The lowest BCUT2D eigenvalue weighted by atomic mass is 9.98. The maximum atomic E-state index is 13.1. The second-order valence-electron chi connectivity index (χ2n) is 7.43. The van der Waals surface area contributed by atoms with Crippen molar-refractivity contribution in [2.75, 3.05) is 19.4 Å². The normalized spacial score (nSPS) is 20.2. The summed E-state index contributed by atoms with van der Waals surface area (Å²) in [6, 6.07) is 7.81. The number of rotatable bonds is 4. The average Bonchev–Trinajstić information content (AvgIpc) is 3.39. The highest BCUT2D eigenvalue weighted by atomic mass is 16.5. The van der Waals surface area contributed by atoms with Gasteiger partial charge in [0.1, 0.15) is 5.75 Å². The highest BCUT2D eigenvalue weighted by Crippen LogP contribution is 2.39. The second kappa shape index (κ2) is 7.55. The molecule has 0 radical (unpaired) electrons. The number of nitrogens with two attached hydrogens (primary N) is 1. The maximum Gasteiger partial charge on any atom is 0.226 e. The van der Waals surface area contributed by atoms with Crippen LogP contribution in [-0.4, -0.2) is 34.4 Å². The van der Waals surface area contributed by atoms with E-state index >= 15 is 0 Å². The largest absolute Gasteiger partial charge is 0.497 e. The molecule has 142 valence electrons. The molecule has 1 unspecified atom stereocenters. The van der Waals surface area contributed by atoms with Crippen molar-refractivity contribution < 1.29 is 9.53 Å². The summed E-state index contributed by atoms with van der Waals surface area (Å²) < 4.78 is 5.26. The van der Waals surface area contributed by atoms with E-state index in [9.17, 15) is 4.79 Å². The zero-order chi connectivity index (χ0) is 18.8. The number of ether oxygens (including phenoxy) is 1. The number of hydrogen-bond donors (Lipinski definition) is 1. The lowest BCUT2D eigenvalue weighted by molar-refractivity contribution is -0.136. The molecule has 1 aliphatic carbocycles. The SMILES string of the molecule is COc1ccc(-c2cnc(N)nc2C2CCCN2C(=O)C2CCCC2)cc1. The van der Waals surface area contributed by atoms with Crippen LogP contribution >= 0.6 is 0 Å². The number of likely N-dealkylation sites (tertiary alicyclic amines) is 1. The van der Waals surface area contributed by atoms with Crippen molar-refractivity contribution in [2.45, 2.75) is 44.6 Å². The first kappa shape index (κ1) is 17.8. The van der Waals surface area contributed by atoms with Gasteiger partial charge in [-0.3, -0.25) is 4.79 Å². The molecule has 1 saturated carbocycles. The minimum absolute atomic E-state index is 0.0273. The summed E-state index contributed by atoms with van der Waals surface area (Å²) in [5, 5.41) is 0. The van der Waals surface area contributed by atoms with Crippen LogP contribution in [0.15, 0.2) is 30.5 Å². The molecule has 1 aliphatic heterocycles. The Labute approximate surface area is 159 Å². The Bertz CT molecular complexity index is 815. The molecule has 2 heterocycles. The summed E-state index contributed by atoms with van der Waals surface area (Å²) in [4.78, 5) is 23.9. The molecule has 6 heteroatoms. The standard InChI is InChI=1S/C21H26N4O2/c1-27-16-10-8-14(9-11-16)17-13-23-21(22)24-19(17)18-7-4-12-25(18)20(26)15-5-2-3-6-15/h8-11,13,15,18H,2-7,12H2,1H3,(H2,22,23,24). The summed E-state index contributed by atoms with van der Waals surface area (Å²) >= 11 is 0. The number of carbonyl (C=O) groups is 1. The third-order valence-corrected chi connectivity index (χ3v) is 5.79. The minimum atomic E-state index is -0.0273. The molecule has 1 saturated heterocycles. The molecule has 27 heavy (non-hydrogen) atoms. The van der Waals surface area contributed by atoms with Crippen molar-refractivity contribution in [3.63, 3.8) is 0 Å². The van der Waals surface area contributed by atoms with Crippen molar-refractivity contribution in [3.8, 4) is 16.9 Å². The molecular formula is C21H26N4O2. The van der Waals surface area contributed by atoms with Gasteiger partial charge in [-0.2, -0.15) is 0 Å². The summed E-state index contributed by atoms with van der Waals surface area (Å²) in [7, 11) is 1.65. The van der Waals surface area contributed by atoms with Crippen molar-refractivity contribution in [1.82, 2.24) is 14.9 Å². The minimum Gasteiger partial charge on any atom is -0.497 e. The average molecular weight is 366 g/mol. The molecule has 1 atom stereocenters. The van der Waals surface area contributed by atoms with E-state index in [1.165, 1.54) is 0 Å². The number of methoxy groups -OCH3 is 1. The van der Waals surface area contributed by atoms with Crippen LogP contribution in [0.5, 0.6) is 5.75 Å². The topological polar surface area (TPSA) is 81.3 Å². The second-order valence-corrected chi connectivity index (χ2v) is 7.43. The van der Waals surface area contributed by atoms with Gasteiger partial charge in [0.25, 0.3) is 0 Å². The molecule has 1 aromatic carbocycles. The van der Waals surface area contributed by atoms with E-state index in [0.29, 0.717) is 0 Å². The van der Waals surface area contributed by atoms with E-state index in [4.69, 9.17) is 10.5 Å². The van der Waals surface area contributed by atoms with E-state index < -0.39 is 0 Å². The molecule has 0 bridgehead atoms. The van der Waals surface area contributed by atoms with Crippen molar-refractivity contribution in [3.05, 3.63) is 36.2 Å². The number of benzene rings is 1. The fourth-order valence-electron chi connectivity index (χ4n) is 4.38.